The van der Waals surface area contributed by atoms with Gasteiger partial charge in [-0.1, -0.05) is 41.9 Å². The number of carbonyl (C=O) groups is 1. The molecule has 2 rings (SSSR count). The normalized spacial score (nSPS) is 10.9. The number of nitrogens with zero attached hydrogens (tertiary/aromatic N) is 1. The van der Waals surface area contributed by atoms with E-state index in [2.05, 4.69) is 5.32 Å². The number of nitriles is 1. The minimum atomic E-state index is -0.431. The van der Waals surface area contributed by atoms with Crippen LogP contribution in [0.2, 0.25) is 5.02 Å². The average Bonchev–Trinajstić information content (AvgIpc) is 2.71. The van der Waals surface area contributed by atoms with Crippen LogP contribution in [0.25, 0.3) is 6.08 Å². The maximum atomic E-state index is 12.3. The third-order valence-corrected chi connectivity index (χ3v) is 4.35. The Morgan fingerprint density at radius 2 is 2.00 bits per heavy atom. The van der Waals surface area contributed by atoms with Crippen molar-refractivity contribution in [1.29, 1.82) is 5.26 Å². The van der Waals surface area contributed by atoms with Gasteiger partial charge in [0.1, 0.15) is 11.6 Å². The molecule has 5 nitrogen and oxygen atoms in total. The van der Waals surface area contributed by atoms with Gasteiger partial charge in [-0.05, 0) is 43.0 Å². The standard InChI is InChI=1S/C22H23ClN2O3/c1-3-28-21-14-19(23)17(13-20(21)27-2)12-18(15-24)22(26)25-11-7-10-16-8-5-4-6-9-16/h4-6,8-9,12-14H,3,7,10-11H2,1-2H3,(H,25,26)/b18-12-. The molecule has 0 saturated heterocycles. The zero-order valence-electron chi connectivity index (χ0n) is 16.0. The summed E-state index contributed by atoms with van der Waals surface area (Å²) < 4.78 is 10.8. The number of rotatable bonds is 9. The summed E-state index contributed by atoms with van der Waals surface area (Å²) in [6.45, 7) is 2.81. The third kappa shape index (κ3) is 6.04. The van der Waals surface area contributed by atoms with E-state index in [1.807, 2.05) is 43.3 Å². The highest BCUT2D eigenvalue weighted by molar-refractivity contribution is 6.32. The van der Waals surface area contributed by atoms with Gasteiger partial charge in [0.25, 0.3) is 5.91 Å². The first-order valence-corrected chi connectivity index (χ1v) is 9.41. The van der Waals surface area contributed by atoms with Crippen molar-refractivity contribution in [2.24, 2.45) is 0 Å². The molecule has 1 amide bonds. The predicted octanol–water partition coefficient (Wildman–Crippen LogP) is 4.40. The second-order valence-corrected chi connectivity index (χ2v) is 6.38. The fourth-order valence-electron chi connectivity index (χ4n) is 2.63. The minimum Gasteiger partial charge on any atom is -0.493 e. The number of nitrogens with one attached hydrogen (secondary N) is 1. The van der Waals surface area contributed by atoms with Crippen molar-refractivity contribution in [1.82, 2.24) is 5.32 Å². The topological polar surface area (TPSA) is 71.3 Å². The van der Waals surface area contributed by atoms with Gasteiger partial charge in [0, 0.05) is 12.6 Å². The fourth-order valence-corrected chi connectivity index (χ4v) is 2.84. The van der Waals surface area contributed by atoms with Crippen LogP contribution in [0.5, 0.6) is 11.5 Å². The van der Waals surface area contributed by atoms with Crippen LogP contribution in [0.4, 0.5) is 0 Å². The van der Waals surface area contributed by atoms with Crippen LogP contribution in [0, 0.1) is 11.3 Å². The molecule has 28 heavy (non-hydrogen) atoms. The van der Waals surface area contributed by atoms with Gasteiger partial charge in [-0.25, -0.2) is 0 Å². The number of hydrogen-bond acceptors (Lipinski definition) is 4. The molecule has 0 atom stereocenters. The number of amides is 1. The molecule has 0 unspecified atom stereocenters. The quantitative estimate of drug-likeness (QED) is 0.386. The first-order valence-electron chi connectivity index (χ1n) is 9.03. The number of carbonyl (C=O) groups excluding carboxylic acids is 1. The van der Waals surface area contributed by atoms with Gasteiger partial charge < -0.3 is 14.8 Å². The molecular formula is C22H23ClN2O3. The van der Waals surface area contributed by atoms with Crippen molar-refractivity contribution in [3.63, 3.8) is 0 Å². The first-order chi connectivity index (χ1) is 13.6. The lowest BCUT2D eigenvalue weighted by atomic mass is 10.1. The predicted molar refractivity (Wildman–Crippen MR) is 111 cm³/mol. The average molecular weight is 399 g/mol. The van der Waals surface area contributed by atoms with E-state index < -0.39 is 5.91 Å². The van der Waals surface area contributed by atoms with Gasteiger partial charge in [-0.15, -0.1) is 0 Å². The van der Waals surface area contributed by atoms with E-state index in [0.717, 1.165) is 12.8 Å². The molecule has 2 aromatic carbocycles. The molecule has 146 valence electrons. The zero-order chi connectivity index (χ0) is 20.4. The molecule has 0 spiro atoms. The van der Waals surface area contributed by atoms with E-state index in [1.165, 1.54) is 18.7 Å². The number of ether oxygens (including phenoxy) is 2. The number of aryl methyl sites for hydroxylation is 1. The highest BCUT2D eigenvalue weighted by Gasteiger charge is 2.13. The Kier molecular flexibility index (Phi) is 8.38. The highest BCUT2D eigenvalue weighted by atomic mass is 35.5. The van der Waals surface area contributed by atoms with Gasteiger partial charge in [-0.2, -0.15) is 5.26 Å². The number of methoxy groups -OCH3 is 1. The Morgan fingerprint density at radius 1 is 1.25 bits per heavy atom. The summed E-state index contributed by atoms with van der Waals surface area (Å²) in [5.74, 6) is 0.563. The zero-order valence-corrected chi connectivity index (χ0v) is 16.8. The fraction of sp³-hybridized carbons (Fsp3) is 0.273. The van der Waals surface area contributed by atoms with Gasteiger partial charge in [0.05, 0.1) is 18.7 Å². The summed E-state index contributed by atoms with van der Waals surface area (Å²) >= 11 is 6.27. The summed E-state index contributed by atoms with van der Waals surface area (Å²) in [4.78, 5) is 12.3. The first kappa shape index (κ1) is 21.3. The Hall–Kier alpha value is -2.97. The highest BCUT2D eigenvalue weighted by Crippen LogP contribution is 2.34. The van der Waals surface area contributed by atoms with Crippen molar-refractivity contribution in [3.8, 4) is 17.6 Å². The van der Waals surface area contributed by atoms with E-state index in [1.54, 1.807) is 12.1 Å². The molecule has 0 saturated carbocycles. The number of benzene rings is 2. The molecule has 0 radical (unpaired) electrons. The minimum absolute atomic E-state index is 0.0205. The van der Waals surface area contributed by atoms with Crippen LogP contribution in [-0.4, -0.2) is 26.2 Å². The van der Waals surface area contributed by atoms with Gasteiger partial charge >= 0.3 is 0 Å². The van der Waals surface area contributed by atoms with E-state index in [-0.39, 0.29) is 5.57 Å². The van der Waals surface area contributed by atoms with E-state index in [9.17, 15) is 10.1 Å². The molecule has 1 N–H and O–H groups in total. The lowest BCUT2D eigenvalue weighted by Crippen LogP contribution is -2.25. The van der Waals surface area contributed by atoms with Crippen LogP contribution in [-0.2, 0) is 11.2 Å². The second-order valence-electron chi connectivity index (χ2n) is 5.97. The maximum absolute atomic E-state index is 12.3. The van der Waals surface area contributed by atoms with Crippen molar-refractivity contribution in [3.05, 3.63) is 64.2 Å². The van der Waals surface area contributed by atoms with E-state index >= 15 is 0 Å². The van der Waals surface area contributed by atoms with Gasteiger partial charge in [-0.3, -0.25) is 4.79 Å². The van der Waals surface area contributed by atoms with E-state index in [4.69, 9.17) is 21.1 Å². The molecule has 0 heterocycles. The Bertz CT molecular complexity index is 873. The SMILES string of the molecule is CCOc1cc(Cl)c(/C=C(/C#N)C(=O)NCCCc2ccccc2)cc1OC. The largest absolute Gasteiger partial charge is 0.493 e. The summed E-state index contributed by atoms with van der Waals surface area (Å²) in [6.07, 6.45) is 3.09. The Balaban J connectivity index is 2.04. The second kappa shape index (κ2) is 11.0. The molecular weight excluding hydrogens is 376 g/mol. The molecule has 0 aromatic heterocycles. The third-order valence-electron chi connectivity index (χ3n) is 4.02. The number of hydrogen-bond donors (Lipinski definition) is 1. The van der Waals surface area contributed by atoms with Crippen molar-refractivity contribution >= 4 is 23.6 Å². The lowest BCUT2D eigenvalue weighted by Gasteiger charge is -2.11. The van der Waals surface area contributed by atoms with Gasteiger partial charge in [0.2, 0.25) is 0 Å². The molecule has 6 heteroatoms. The van der Waals surface area contributed by atoms with Crippen LogP contribution < -0.4 is 14.8 Å². The summed E-state index contributed by atoms with van der Waals surface area (Å²) in [6, 6.07) is 15.2. The van der Waals surface area contributed by atoms with Crippen molar-refractivity contribution in [2.75, 3.05) is 20.3 Å². The smallest absolute Gasteiger partial charge is 0.261 e. The monoisotopic (exact) mass is 398 g/mol. The molecule has 0 aliphatic rings. The molecule has 2 aromatic rings. The van der Waals surface area contributed by atoms with Gasteiger partial charge in [0.15, 0.2) is 11.5 Å². The Morgan fingerprint density at radius 3 is 2.64 bits per heavy atom. The summed E-state index contributed by atoms with van der Waals surface area (Å²) in [5.41, 5.74) is 1.70. The molecule has 0 fully saturated rings. The van der Waals surface area contributed by atoms with E-state index in [0.29, 0.717) is 35.2 Å². The maximum Gasteiger partial charge on any atom is 0.261 e. The summed E-state index contributed by atoms with van der Waals surface area (Å²) in [5, 5.41) is 12.5. The van der Waals surface area contributed by atoms with Crippen LogP contribution >= 0.6 is 11.6 Å². The Labute approximate surface area is 170 Å². The molecule has 0 aliphatic heterocycles. The summed E-state index contributed by atoms with van der Waals surface area (Å²) in [7, 11) is 1.52. The molecule has 0 bridgehead atoms. The van der Waals surface area contributed by atoms with Crippen molar-refractivity contribution in [2.45, 2.75) is 19.8 Å². The van der Waals surface area contributed by atoms with Crippen LogP contribution in [0.15, 0.2) is 48.0 Å². The van der Waals surface area contributed by atoms with Crippen LogP contribution in [0.3, 0.4) is 0 Å². The lowest BCUT2D eigenvalue weighted by molar-refractivity contribution is -0.117. The molecule has 0 aliphatic carbocycles. The van der Waals surface area contributed by atoms with Crippen molar-refractivity contribution < 1.29 is 14.3 Å². The number of halogens is 1. The van der Waals surface area contributed by atoms with Crippen LogP contribution in [0.1, 0.15) is 24.5 Å².